The summed E-state index contributed by atoms with van der Waals surface area (Å²) in [4.78, 5) is 26.2. The molecule has 0 aliphatic carbocycles. The van der Waals surface area contributed by atoms with Crippen LogP contribution in [0.3, 0.4) is 0 Å². The number of rotatable bonds is 5. The molecule has 0 aromatic heterocycles. The van der Waals surface area contributed by atoms with E-state index in [0.29, 0.717) is 22.6 Å². The van der Waals surface area contributed by atoms with Gasteiger partial charge in [0.05, 0.1) is 13.5 Å². The Kier molecular flexibility index (Phi) is 5.55. The molecule has 2 aromatic carbocycles. The van der Waals surface area contributed by atoms with E-state index in [1.807, 2.05) is 20.8 Å². The summed E-state index contributed by atoms with van der Waals surface area (Å²) in [6.45, 7) is 5.68. The number of hydrogen-bond donors (Lipinski definition) is 2. The maximum Gasteiger partial charge on any atom is 0.248 e. The average molecular weight is 356 g/mol. The van der Waals surface area contributed by atoms with Crippen molar-refractivity contribution in [3.05, 3.63) is 53.6 Å². The summed E-state index contributed by atoms with van der Waals surface area (Å²) in [7, 11) is 1.49. The van der Waals surface area contributed by atoms with Gasteiger partial charge in [0.2, 0.25) is 11.8 Å². The van der Waals surface area contributed by atoms with Gasteiger partial charge in [-0.15, -0.1) is 0 Å². The number of primary amides is 1. The highest BCUT2D eigenvalue weighted by atomic mass is 16.5. The zero-order chi connectivity index (χ0) is 19.5. The maximum absolute atomic E-state index is 13.1. The van der Waals surface area contributed by atoms with Crippen molar-refractivity contribution in [2.24, 2.45) is 5.73 Å². The van der Waals surface area contributed by atoms with Crippen molar-refractivity contribution in [3.63, 3.8) is 0 Å². The van der Waals surface area contributed by atoms with Gasteiger partial charge in [0.25, 0.3) is 0 Å². The van der Waals surface area contributed by atoms with Gasteiger partial charge in [0.1, 0.15) is 11.5 Å². The number of anilines is 1. The van der Waals surface area contributed by atoms with Crippen LogP contribution in [0.25, 0.3) is 0 Å². The van der Waals surface area contributed by atoms with Crippen molar-refractivity contribution in [1.82, 2.24) is 0 Å². The predicted molar refractivity (Wildman–Crippen MR) is 101 cm³/mol. The van der Waals surface area contributed by atoms with Gasteiger partial charge < -0.3 is 20.5 Å². The van der Waals surface area contributed by atoms with Crippen molar-refractivity contribution in [2.45, 2.75) is 32.7 Å². The quantitative estimate of drug-likeness (QED) is 0.861. The van der Waals surface area contributed by atoms with Gasteiger partial charge in [-0.1, -0.05) is 12.1 Å². The van der Waals surface area contributed by atoms with Crippen molar-refractivity contribution in [1.29, 1.82) is 0 Å². The predicted octanol–water partition coefficient (Wildman–Crippen LogP) is 2.87. The molecule has 138 valence electrons. The number of phenols is 1. The number of aromatic hydroxyl groups is 1. The lowest BCUT2D eigenvalue weighted by molar-refractivity contribution is -0.119. The molecule has 0 aliphatic rings. The first-order valence-corrected chi connectivity index (χ1v) is 8.23. The minimum absolute atomic E-state index is 0.00236. The first-order valence-electron chi connectivity index (χ1n) is 8.23. The third kappa shape index (κ3) is 4.14. The van der Waals surface area contributed by atoms with E-state index in [-0.39, 0.29) is 18.1 Å². The third-order valence-electron chi connectivity index (χ3n) is 3.97. The molecular formula is C20H24N2O4. The van der Waals surface area contributed by atoms with Crippen molar-refractivity contribution >= 4 is 17.5 Å². The van der Waals surface area contributed by atoms with Gasteiger partial charge in [-0.2, -0.15) is 0 Å². The molecule has 6 heteroatoms. The zero-order valence-corrected chi connectivity index (χ0v) is 15.4. The van der Waals surface area contributed by atoms with Crippen LogP contribution in [0.1, 0.15) is 36.7 Å². The molecule has 0 aliphatic heterocycles. The number of carbonyl (C=O) groups excluding carboxylic acids is 2. The highest BCUT2D eigenvalue weighted by Gasteiger charge is 2.29. The van der Waals surface area contributed by atoms with Crippen LogP contribution in [0.2, 0.25) is 0 Å². The SMILES string of the molecule is COc1cccc(O)c1CC(=O)N(c1cccc(C(N)=O)c1)C(C)(C)C. The molecule has 26 heavy (non-hydrogen) atoms. The lowest BCUT2D eigenvalue weighted by Crippen LogP contribution is -2.46. The number of phenolic OH excluding ortho intramolecular Hbond substituents is 1. The molecule has 0 radical (unpaired) electrons. The Morgan fingerprint density at radius 1 is 1.15 bits per heavy atom. The Morgan fingerprint density at radius 3 is 2.38 bits per heavy atom. The highest BCUT2D eigenvalue weighted by molar-refractivity contribution is 5.99. The van der Waals surface area contributed by atoms with Gasteiger partial charge in [0, 0.05) is 22.4 Å². The minimum Gasteiger partial charge on any atom is -0.508 e. The summed E-state index contributed by atoms with van der Waals surface area (Å²) in [5.74, 6) is -0.356. The van der Waals surface area contributed by atoms with Gasteiger partial charge >= 0.3 is 0 Å². The normalized spacial score (nSPS) is 11.1. The smallest absolute Gasteiger partial charge is 0.248 e. The van der Waals surface area contributed by atoms with Gasteiger partial charge in [-0.3, -0.25) is 9.59 Å². The summed E-state index contributed by atoms with van der Waals surface area (Å²) in [6.07, 6.45) is -0.0477. The molecule has 2 aromatic rings. The number of nitrogens with zero attached hydrogens (tertiary/aromatic N) is 1. The monoisotopic (exact) mass is 356 g/mol. The van der Waals surface area contributed by atoms with E-state index in [0.717, 1.165) is 0 Å². The number of methoxy groups -OCH3 is 1. The maximum atomic E-state index is 13.1. The number of ether oxygens (including phenoxy) is 1. The molecule has 0 unspecified atom stereocenters. The molecule has 3 N–H and O–H groups in total. The minimum atomic E-state index is -0.560. The largest absolute Gasteiger partial charge is 0.508 e. The molecule has 0 saturated heterocycles. The highest BCUT2D eigenvalue weighted by Crippen LogP contribution is 2.31. The Hall–Kier alpha value is -3.02. The first-order chi connectivity index (χ1) is 12.1. The van der Waals surface area contributed by atoms with Crippen molar-refractivity contribution in [3.8, 4) is 11.5 Å². The molecular weight excluding hydrogens is 332 g/mol. The molecule has 0 spiro atoms. The van der Waals surface area contributed by atoms with Crippen LogP contribution in [-0.4, -0.2) is 29.6 Å². The van der Waals surface area contributed by atoms with Crippen LogP contribution in [-0.2, 0) is 11.2 Å². The van der Waals surface area contributed by atoms with E-state index in [1.165, 1.54) is 13.2 Å². The first kappa shape index (κ1) is 19.3. The van der Waals surface area contributed by atoms with Crippen molar-refractivity contribution < 1.29 is 19.4 Å². The molecule has 2 rings (SSSR count). The third-order valence-corrected chi connectivity index (χ3v) is 3.97. The number of amides is 2. The van der Waals surface area contributed by atoms with Crippen LogP contribution in [0.4, 0.5) is 5.69 Å². The Morgan fingerprint density at radius 2 is 1.81 bits per heavy atom. The number of benzene rings is 2. The molecule has 0 saturated carbocycles. The fourth-order valence-electron chi connectivity index (χ4n) is 2.86. The fraction of sp³-hybridized carbons (Fsp3) is 0.300. The van der Waals surface area contributed by atoms with E-state index in [9.17, 15) is 14.7 Å². The summed E-state index contributed by atoms with van der Waals surface area (Å²) in [6, 6.07) is 11.5. The van der Waals surface area contributed by atoms with Crippen molar-refractivity contribution in [2.75, 3.05) is 12.0 Å². The lowest BCUT2D eigenvalue weighted by Gasteiger charge is -2.36. The summed E-state index contributed by atoms with van der Waals surface area (Å²) < 4.78 is 5.26. The van der Waals surface area contributed by atoms with E-state index in [2.05, 4.69) is 0 Å². The molecule has 6 nitrogen and oxygen atoms in total. The molecule has 2 amide bonds. The number of nitrogens with two attached hydrogens (primary N) is 1. The molecule has 0 bridgehead atoms. The average Bonchev–Trinajstić information content (AvgIpc) is 2.55. The standard InChI is InChI=1S/C20H24N2O4/c1-20(2,3)22(14-8-5-7-13(11-14)19(21)25)18(24)12-15-16(23)9-6-10-17(15)26-4/h5-11,23H,12H2,1-4H3,(H2,21,25). The Bertz CT molecular complexity index is 825. The van der Waals surface area contributed by atoms with E-state index >= 15 is 0 Å². The Labute approximate surface area is 153 Å². The topological polar surface area (TPSA) is 92.9 Å². The van der Waals surface area contributed by atoms with Crippen LogP contribution in [0.5, 0.6) is 11.5 Å². The van der Waals surface area contributed by atoms with Crippen LogP contribution < -0.4 is 15.4 Å². The molecule has 0 heterocycles. The van der Waals surface area contributed by atoms with E-state index < -0.39 is 11.4 Å². The number of hydrogen-bond acceptors (Lipinski definition) is 4. The van der Waals surface area contributed by atoms with Gasteiger partial charge in [-0.25, -0.2) is 0 Å². The Balaban J connectivity index is 2.44. The van der Waals surface area contributed by atoms with Gasteiger partial charge in [-0.05, 0) is 51.1 Å². The summed E-state index contributed by atoms with van der Waals surface area (Å²) >= 11 is 0. The fourth-order valence-corrected chi connectivity index (χ4v) is 2.86. The van der Waals surface area contributed by atoms with E-state index in [1.54, 1.807) is 41.3 Å². The second-order valence-corrected chi connectivity index (χ2v) is 6.95. The second kappa shape index (κ2) is 7.47. The van der Waals surface area contributed by atoms with Crippen LogP contribution in [0.15, 0.2) is 42.5 Å². The summed E-state index contributed by atoms with van der Waals surface area (Å²) in [5, 5.41) is 10.1. The second-order valence-electron chi connectivity index (χ2n) is 6.95. The van der Waals surface area contributed by atoms with Crippen LogP contribution >= 0.6 is 0 Å². The summed E-state index contributed by atoms with van der Waals surface area (Å²) in [5.41, 5.74) is 6.11. The lowest BCUT2D eigenvalue weighted by atomic mass is 10.0. The van der Waals surface area contributed by atoms with Crippen LogP contribution in [0, 0.1) is 0 Å². The number of carbonyl (C=O) groups is 2. The van der Waals surface area contributed by atoms with Gasteiger partial charge in [0.15, 0.2) is 0 Å². The molecule has 0 atom stereocenters. The molecule has 0 fully saturated rings. The van der Waals surface area contributed by atoms with E-state index in [4.69, 9.17) is 10.5 Å². The zero-order valence-electron chi connectivity index (χ0n) is 15.4.